The van der Waals surface area contributed by atoms with Crippen molar-refractivity contribution < 1.29 is 17.6 Å². The number of nitrogens with one attached hydrogen (secondary N) is 3. The van der Waals surface area contributed by atoms with Crippen molar-refractivity contribution >= 4 is 61.1 Å². The molecule has 0 saturated carbocycles. The molecular weight excluding hydrogens is 493 g/mol. The van der Waals surface area contributed by atoms with Gasteiger partial charge in [0, 0.05) is 13.2 Å². The smallest absolute Gasteiger partial charge is 0.333 e. The average molecular weight is 508 g/mol. The maximum absolute atomic E-state index is 14.1. The zero-order valence-corrected chi connectivity index (χ0v) is 19.2. The summed E-state index contributed by atoms with van der Waals surface area (Å²) in [6, 6.07) is 8.94. The van der Waals surface area contributed by atoms with Gasteiger partial charge in [-0.2, -0.15) is 0 Å². The summed E-state index contributed by atoms with van der Waals surface area (Å²) in [6.07, 6.45) is 2.76. The lowest BCUT2D eigenvalue weighted by Gasteiger charge is -2.10. The Morgan fingerprint density at radius 2 is 1.97 bits per heavy atom. The van der Waals surface area contributed by atoms with Crippen LogP contribution in [0.5, 0.6) is 0 Å². The number of nitrogens with zero attached hydrogens (tertiary/aromatic N) is 2. The Balaban J connectivity index is 1.54. The molecule has 3 N–H and O–H groups in total. The van der Waals surface area contributed by atoms with Gasteiger partial charge in [-0.15, -0.1) is 11.3 Å². The Labute approximate surface area is 195 Å². The fourth-order valence-electron chi connectivity index (χ4n) is 3.01. The van der Waals surface area contributed by atoms with Crippen LogP contribution < -0.4 is 20.9 Å². The van der Waals surface area contributed by atoms with Crippen LogP contribution in [0.15, 0.2) is 63.9 Å². The molecule has 0 spiro atoms. The Bertz CT molecular complexity index is 1530. The summed E-state index contributed by atoms with van der Waals surface area (Å²) in [5.74, 6) is -0.329. The first-order valence-corrected chi connectivity index (χ1v) is 11.9. The second kappa shape index (κ2) is 8.81. The number of amides is 2. The maximum Gasteiger partial charge on any atom is 0.333 e. The molecule has 4 aromatic rings. The van der Waals surface area contributed by atoms with Crippen LogP contribution in [-0.4, -0.2) is 31.0 Å². The number of thiophene rings is 1. The number of carbonyl (C=O) groups excluding carboxylic acids is 1. The van der Waals surface area contributed by atoms with Crippen LogP contribution in [0.3, 0.4) is 0 Å². The van der Waals surface area contributed by atoms with Crippen molar-refractivity contribution in [2.75, 3.05) is 17.7 Å². The molecule has 9 nitrogen and oxygen atoms in total. The van der Waals surface area contributed by atoms with Gasteiger partial charge in [-0.1, -0.05) is 11.6 Å². The minimum absolute atomic E-state index is 0.106. The molecule has 0 aliphatic rings. The second-order valence-electron chi connectivity index (χ2n) is 6.68. The number of pyridine rings is 2. The van der Waals surface area contributed by atoms with Gasteiger partial charge in [0.05, 0.1) is 27.3 Å². The highest BCUT2D eigenvalue weighted by molar-refractivity contribution is 7.92. The van der Waals surface area contributed by atoms with Crippen LogP contribution in [0.2, 0.25) is 4.34 Å². The van der Waals surface area contributed by atoms with E-state index >= 15 is 0 Å². The molecule has 0 aliphatic carbocycles. The number of hydrogen-bond acceptors (Lipinski definition) is 7. The fourth-order valence-corrected chi connectivity index (χ4v) is 5.40. The highest BCUT2D eigenvalue weighted by Crippen LogP contribution is 2.25. The summed E-state index contributed by atoms with van der Waals surface area (Å²) >= 11 is 6.55. The number of anilines is 2. The normalized spacial score (nSPS) is 11.4. The third-order valence-corrected chi connectivity index (χ3v) is 7.61. The van der Waals surface area contributed by atoms with E-state index in [1.165, 1.54) is 47.3 Å². The molecule has 3 aromatic heterocycles. The molecule has 2 amide bonds. The van der Waals surface area contributed by atoms with E-state index in [2.05, 4.69) is 15.6 Å². The standard InChI is InChI=1S/C20H15ClFN5O4S2/c1-23-15-8-11-6-7-27(19(28)13(11)9-14(15)22)17-4-2-12(10-24-17)25-20(29)26-33(30,31)18-5-3-16(21)32-18/h2-10,23H,1H3,(H2,25,26,29). The molecule has 0 radical (unpaired) electrons. The molecule has 170 valence electrons. The largest absolute Gasteiger partial charge is 0.386 e. The first-order chi connectivity index (χ1) is 15.7. The van der Waals surface area contributed by atoms with Gasteiger partial charge in [-0.3, -0.25) is 9.36 Å². The van der Waals surface area contributed by atoms with Gasteiger partial charge in [0.1, 0.15) is 15.8 Å². The summed E-state index contributed by atoms with van der Waals surface area (Å²) in [4.78, 5) is 29.0. The van der Waals surface area contributed by atoms with Crippen molar-refractivity contribution in [3.05, 3.63) is 75.4 Å². The van der Waals surface area contributed by atoms with E-state index in [0.29, 0.717) is 5.39 Å². The summed E-state index contributed by atoms with van der Waals surface area (Å²) in [6.45, 7) is 0. The zero-order chi connectivity index (χ0) is 23.8. The van der Waals surface area contributed by atoms with E-state index in [0.717, 1.165) is 17.4 Å². The highest BCUT2D eigenvalue weighted by atomic mass is 35.5. The van der Waals surface area contributed by atoms with E-state index in [-0.39, 0.29) is 31.1 Å². The van der Waals surface area contributed by atoms with Gasteiger partial charge in [0.15, 0.2) is 0 Å². The lowest BCUT2D eigenvalue weighted by atomic mass is 10.1. The molecule has 0 unspecified atom stereocenters. The van der Waals surface area contributed by atoms with Crippen molar-refractivity contribution in [1.29, 1.82) is 0 Å². The van der Waals surface area contributed by atoms with Gasteiger partial charge < -0.3 is 10.6 Å². The van der Waals surface area contributed by atoms with Crippen molar-refractivity contribution in [1.82, 2.24) is 14.3 Å². The van der Waals surface area contributed by atoms with Crippen molar-refractivity contribution in [3.8, 4) is 5.82 Å². The van der Waals surface area contributed by atoms with Crippen molar-refractivity contribution in [3.63, 3.8) is 0 Å². The molecule has 0 bridgehead atoms. The molecule has 33 heavy (non-hydrogen) atoms. The van der Waals surface area contributed by atoms with E-state index < -0.39 is 27.4 Å². The van der Waals surface area contributed by atoms with Crippen molar-refractivity contribution in [2.24, 2.45) is 0 Å². The Morgan fingerprint density at radius 3 is 2.61 bits per heavy atom. The lowest BCUT2D eigenvalue weighted by Crippen LogP contribution is -2.34. The van der Waals surface area contributed by atoms with Gasteiger partial charge >= 0.3 is 6.03 Å². The fraction of sp³-hybridized carbons (Fsp3) is 0.0500. The predicted octanol–water partition coefficient (Wildman–Crippen LogP) is 3.79. The number of rotatable bonds is 5. The van der Waals surface area contributed by atoms with Crippen LogP contribution in [0, 0.1) is 5.82 Å². The SMILES string of the molecule is CNc1cc2ccn(-c3ccc(NC(=O)NS(=O)(=O)c4ccc(Cl)s4)cn3)c(=O)c2cc1F. The van der Waals surface area contributed by atoms with Crippen LogP contribution in [0.1, 0.15) is 0 Å². The molecule has 4 rings (SSSR count). The summed E-state index contributed by atoms with van der Waals surface area (Å²) in [5, 5.41) is 5.81. The molecule has 0 aliphatic heterocycles. The Morgan fingerprint density at radius 1 is 1.18 bits per heavy atom. The number of aromatic nitrogens is 2. The van der Waals surface area contributed by atoms with Crippen molar-refractivity contribution in [2.45, 2.75) is 4.21 Å². The number of hydrogen-bond donors (Lipinski definition) is 3. The number of carbonyl (C=O) groups is 1. The molecule has 3 heterocycles. The van der Waals surface area contributed by atoms with E-state index in [1.54, 1.807) is 13.1 Å². The molecule has 0 fully saturated rings. The van der Waals surface area contributed by atoms with Crippen LogP contribution >= 0.6 is 22.9 Å². The first kappa shape index (κ1) is 22.7. The van der Waals surface area contributed by atoms with Crippen LogP contribution in [0.25, 0.3) is 16.6 Å². The van der Waals surface area contributed by atoms with Gasteiger partial charge in [0.2, 0.25) is 0 Å². The summed E-state index contributed by atoms with van der Waals surface area (Å²) in [5.41, 5.74) is -0.00872. The minimum Gasteiger partial charge on any atom is -0.386 e. The molecular formula is C20H15ClFN5O4S2. The predicted molar refractivity (Wildman–Crippen MR) is 126 cm³/mol. The monoisotopic (exact) mass is 507 g/mol. The highest BCUT2D eigenvalue weighted by Gasteiger charge is 2.20. The van der Waals surface area contributed by atoms with E-state index in [4.69, 9.17) is 11.6 Å². The topological polar surface area (TPSA) is 122 Å². The number of sulfonamides is 1. The van der Waals surface area contributed by atoms with E-state index in [9.17, 15) is 22.4 Å². The third kappa shape index (κ3) is 4.67. The Hall–Kier alpha value is -3.48. The maximum atomic E-state index is 14.1. The quantitative estimate of drug-likeness (QED) is 0.378. The number of urea groups is 1. The summed E-state index contributed by atoms with van der Waals surface area (Å²) in [7, 11) is -2.49. The second-order valence-corrected chi connectivity index (χ2v) is 10.3. The number of fused-ring (bicyclic) bond motifs is 1. The minimum atomic E-state index is -4.07. The van der Waals surface area contributed by atoms with E-state index in [1.807, 2.05) is 4.72 Å². The zero-order valence-electron chi connectivity index (χ0n) is 16.8. The lowest BCUT2D eigenvalue weighted by molar-refractivity contribution is 0.256. The summed E-state index contributed by atoms with van der Waals surface area (Å²) < 4.78 is 41.8. The molecule has 0 atom stereocenters. The third-order valence-electron chi connectivity index (χ3n) is 4.55. The van der Waals surface area contributed by atoms with Crippen LogP contribution in [0.4, 0.5) is 20.6 Å². The van der Waals surface area contributed by atoms with Crippen LogP contribution in [-0.2, 0) is 10.0 Å². The first-order valence-electron chi connectivity index (χ1n) is 9.26. The number of halogens is 2. The van der Waals surface area contributed by atoms with Gasteiger partial charge in [-0.05, 0) is 47.9 Å². The van der Waals surface area contributed by atoms with Gasteiger partial charge in [-0.25, -0.2) is 27.3 Å². The molecule has 0 saturated heterocycles. The number of benzene rings is 1. The average Bonchev–Trinajstić information content (AvgIpc) is 3.22. The molecule has 13 heteroatoms. The van der Waals surface area contributed by atoms with Gasteiger partial charge in [0.25, 0.3) is 15.6 Å². The molecule has 1 aromatic carbocycles. The Kier molecular flexibility index (Phi) is 6.06.